The molecule has 1 fully saturated rings. The van der Waals surface area contributed by atoms with Crippen LogP contribution in [-0.4, -0.2) is 42.5 Å². The second-order valence-electron chi connectivity index (χ2n) is 5.51. The quantitative estimate of drug-likeness (QED) is 0.846. The maximum absolute atomic E-state index is 12.2. The molecule has 1 aliphatic rings. The molecule has 0 bridgehead atoms. The average Bonchev–Trinajstić information content (AvgIpc) is 3.14. The van der Waals surface area contributed by atoms with Gasteiger partial charge in [-0.25, -0.2) is 0 Å². The van der Waals surface area contributed by atoms with E-state index in [-0.39, 0.29) is 17.7 Å². The molecule has 1 saturated heterocycles. The number of aromatic nitrogens is 2. The predicted molar refractivity (Wildman–Crippen MR) is 90.4 cm³/mol. The normalized spacial score (nSPS) is 16.6. The number of hydrogen-bond donors (Lipinski definition) is 2. The highest BCUT2D eigenvalue weighted by Crippen LogP contribution is 2.17. The minimum atomic E-state index is -0.318. The van der Waals surface area contributed by atoms with Crippen molar-refractivity contribution in [1.82, 2.24) is 10.2 Å². The highest BCUT2D eigenvalue weighted by atomic mass is 16.5. The molecule has 24 heavy (non-hydrogen) atoms. The summed E-state index contributed by atoms with van der Waals surface area (Å²) in [6.45, 7) is 1.52. The van der Waals surface area contributed by atoms with Crippen LogP contribution in [-0.2, 0) is 4.74 Å². The third-order valence-electron chi connectivity index (χ3n) is 3.76. The number of nitrogens with zero attached hydrogens (tertiary/aromatic N) is 2. The predicted octanol–water partition coefficient (Wildman–Crippen LogP) is 2.33. The molecule has 1 atom stereocenters. The molecule has 0 aliphatic carbocycles. The van der Waals surface area contributed by atoms with E-state index in [9.17, 15) is 4.79 Å². The Hall–Kier alpha value is -2.67. The summed E-state index contributed by atoms with van der Waals surface area (Å²) in [5, 5.41) is 13.9. The van der Waals surface area contributed by atoms with Crippen LogP contribution in [0.1, 0.15) is 23.3 Å². The smallest absolute Gasteiger partial charge is 0.276 e. The van der Waals surface area contributed by atoms with Gasteiger partial charge in [-0.05, 0) is 37.1 Å². The molecule has 1 aromatic heterocycles. The number of carbonyl (C=O) groups excluding carboxylic acids is 1. The summed E-state index contributed by atoms with van der Waals surface area (Å²) < 4.78 is 10.7. The Bertz CT molecular complexity index is 684. The van der Waals surface area contributed by atoms with E-state index in [0.717, 1.165) is 19.4 Å². The van der Waals surface area contributed by atoms with Crippen LogP contribution in [0.15, 0.2) is 36.4 Å². The lowest BCUT2D eigenvalue weighted by Gasteiger charge is -2.11. The zero-order chi connectivity index (χ0) is 16.8. The summed E-state index contributed by atoms with van der Waals surface area (Å²) in [6, 6.07) is 10.5. The van der Waals surface area contributed by atoms with E-state index in [4.69, 9.17) is 9.47 Å². The van der Waals surface area contributed by atoms with Crippen molar-refractivity contribution >= 4 is 17.4 Å². The number of methoxy groups -OCH3 is 1. The molecule has 3 rings (SSSR count). The number of nitrogens with one attached hydrogen (secondary N) is 2. The van der Waals surface area contributed by atoms with Gasteiger partial charge >= 0.3 is 0 Å². The summed E-state index contributed by atoms with van der Waals surface area (Å²) in [4.78, 5) is 12.2. The Balaban J connectivity index is 1.56. The van der Waals surface area contributed by atoms with Gasteiger partial charge in [-0.2, -0.15) is 0 Å². The number of anilines is 2. The molecule has 0 saturated carbocycles. The summed E-state index contributed by atoms with van der Waals surface area (Å²) >= 11 is 0. The van der Waals surface area contributed by atoms with Gasteiger partial charge < -0.3 is 20.1 Å². The van der Waals surface area contributed by atoms with Crippen molar-refractivity contribution in [2.75, 3.05) is 30.9 Å². The molecule has 7 nitrogen and oxygen atoms in total. The number of amides is 1. The van der Waals surface area contributed by atoms with Crippen molar-refractivity contribution < 1.29 is 14.3 Å². The van der Waals surface area contributed by atoms with Gasteiger partial charge in [0.1, 0.15) is 11.6 Å². The Morgan fingerprint density at radius 2 is 2.25 bits per heavy atom. The van der Waals surface area contributed by atoms with Crippen LogP contribution in [0.4, 0.5) is 11.5 Å². The van der Waals surface area contributed by atoms with Crippen LogP contribution < -0.4 is 15.4 Å². The SMILES string of the molecule is COc1cccc(NC(=O)c2ccc(NCC3CCCO3)nn2)c1. The highest BCUT2D eigenvalue weighted by Gasteiger charge is 2.15. The highest BCUT2D eigenvalue weighted by molar-refractivity contribution is 6.02. The van der Waals surface area contributed by atoms with E-state index in [0.29, 0.717) is 23.8 Å². The van der Waals surface area contributed by atoms with Crippen LogP contribution in [0.25, 0.3) is 0 Å². The minimum absolute atomic E-state index is 0.225. The maximum Gasteiger partial charge on any atom is 0.276 e. The fraction of sp³-hybridized carbons (Fsp3) is 0.353. The first-order valence-corrected chi connectivity index (χ1v) is 7.89. The summed E-state index contributed by atoms with van der Waals surface area (Å²) in [6.07, 6.45) is 2.38. The molecule has 2 aromatic rings. The molecule has 0 radical (unpaired) electrons. The van der Waals surface area contributed by atoms with Crippen molar-refractivity contribution in [3.63, 3.8) is 0 Å². The molecule has 1 unspecified atom stereocenters. The van der Waals surface area contributed by atoms with Gasteiger partial charge in [0.05, 0.1) is 13.2 Å². The van der Waals surface area contributed by atoms with Crippen molar-refractivity contribution in [2.45, 2.75) is 18.9 Å². The fourth-order valence-electron chi connectivity index (χ4n) is 2.47. The van der Waals surface area contributed by atoms with Crippen LogP contribution in [0.3, 0.4) is 0 Å². The molecule has 0 spiro atoms. The topological polar surface area (TPSA) is 85.4 Å². The summed E-state index contributed by atoms with van der Waals surface area (Å²) in [7, 11) is 1.58. The van der Waals surface area contributed by atoms with Gasteiger partial charge in [0.2, 0.25) is 0 Å². The second-order valence-corrected chi connectivity index (χ2v) is 5.51. The molecule has 2 heterocycles. The molecule has 126 valence electrons. The molecular weight excluding hydrogens is 308 g/mol. The fourth-order valence-corrected chi connectivity index (χ4v) is 2.47. The first kappa shape index (κ1) is 16.2. The third-order valence-corrected chi connectivity index (χ3v) is 3.76. The molecule has 1 aliphatic heterocycles. The van der Waals surface area contributed by atoms with Gasteiger partial charge in [0.25, 0.3) is 5.91 Å². The monoisotopic (exact) mass is 328 g/mol. The van der Waals surface area contributed by atoms with Crippen LogP contribution in [0.5, 0.6) is 5.75 Å². The van der Waals surface area contributed by atoms with Gasteiger partial charge in [-0.1, -0.05) is 6.07 Å². The van der Waals surface area contributed by atoms with Crippen LogP contribution >= 0.6 is 0 Å². The Morgan fingerprint density at radius 3 is 2.96 bits per heavy atom. The zero-order valence-electron chi connectivity index (χ0n) is 13.5. The first-order chi connectivity index (χ1) is 11.7. The minimum Gasteiger partial charge on any atom is -0.497 e. The maximum atomic E-state index is 12.2. The summed E-state index contributed by atoms with van der Waals surface area (Å²) in [5.41, 5.74) is 0.891. The standard InChI is InChI=1S/C17H20N4O3/c1-23-13-5-2-4-12(10-13)19-17(22)15-7-8-16(21-20-15)18-11-14-6-3-9-24-14/h2,4-5,7-8,10,14H,3,6,9,11H2,1H3,(H,18,21)(H,19,22). The largest absolute Gasteiger partial charge is 0.497 e. The lowest BCUT2D eigenvalue weighted by Crippen LogP contribution is -2.20. The van der Waals surface area contributed by atoms with Crippen molar-refractivity contribution in [2.24, 2.45) is 0 Å². The van der Waals surface area contributed by atoms with Gasteiger partial charge in [-0.3, -0.25) is 4.79 Å². The first-order valence-electron chi connectivity index (χ1n) is 7.89. The number of rotatable bonds is 6. The lowest BCUT2D eigenvalue weighted by atomic mass is 10.2. The Labute approximate surface area is 140 Å². The van der Waals surface area contributed by atoms with Crippen LogP contribution in [0.2, 0.25) is 0 Å². The van der Waals surface area contributed by atoms with E-state index in [2.05, 4.69) is 20.8 Å². The number of benzene rings is 1. The lowest BCUT2D eigenvalue weighted by molar-refractivity contribution is 0.102. The molecule has 1 aromatic carbocycles. The van der Waals surface area contributed by atoms with Crippen molar-refractivity contribution in [1.29, 1.82) is 0 Å². The van der Waals surface area contributed by atoms with E-state index in [1.54, 1.807) is 37.4 Å². The number of ether oxygens (including phenoxy) is 2. The zero-order valence-corrected chi connectivity index (χ0v) is 13.5. The van der Waals surface area contributed by atoms with E-state index in [1.165, 1.54) is 0 Å². The molecular formula is C17H20N4O3. The number of carbonyl (C=O) groups is 1. The van der Waals surface area contributed by atoms with Crippen molar-refractivity contribution in [3.05, 3.63) is 42.1 Å². The van der Waals surface area contributed by atoms with Gasteiger partial charge in [-0.15, -0.1) is 10.2 Å². The van der Waals surface area contributed by atoms with E-state index < -0.39 is 0 Å². The van der Waals surface area contributed by atoms with E-state index in [1.807, 2.05) is 6.07 Å². The van der Waals surface area contributed by atoms with Crippen LogP contribution in [0, 0.1) is 0 Å². The Morgan fingerprint density at radius 1 is 1.33 bits per heavy atom. The molecule has 1 amide bonds. The summed E-state index contributed by atoms with van der Waals surface area (Å²) in [5.74, 6) is 0.984. The average molecular weight is 328 g/mol. The third kappa shape index (κ3) is 4.20. The molecule has 2 N–H and O–H groups in total. The van der Waals surface area contributed by atoms with Crippen molar-refractivity contribution in [3.8, 4) is 5.75 Å². The van der Waals surface area contributed by atoms with Gasteiger partial charge in [0, 0.05) is 24.9 Å². The number of hydrogen-bond acceptors (Lipinski definition) is 6. The van der Waals surface area contributed by atoms with E-state index >= 15 is 0 Å². The van der Waals surface area contributed by atoms with Gasteiger partial charge in [0.15, 0.2) is 5.69 Å². The Kier molecular flexibility index (Phi) is 5.22. The second kappa shape index (κ2) is 7.74. The molecule has 7 heteroatoms.